The number of hydrogen-bond donors (Lipinski definition) is 1. The van der Waals surface area contributed by atoms with Gasteiger partial charge < -0.3 is 10.1 Å². The number of carbonyl (C=O) groups excluding carboxylic acids is 2. The van der Waals surface area contributed by atoms with Gasteiger partial charge in [0.05, 0.1) is 7.11 Å². The Balaban J connectivity index is 2.02. The number of rotatable bonds is 5. The van der Waals surface area contributed by atoms with E-state index in [-0.39, 0.29) is 17.8 Å². The summed E-state index contributed by atoms with van der Waals surface area (Å²) in [7, 11) is 1.36. The molecule has 0 saturated heterocycles. The first kappa shape index (κ1) is 17.2. The van der Waals surface area contributed by atoms with Gasteiger partial charge in [-0.05, 0) is 53.1 Å². The van der Waals surface area contributed by atoms with E-state index in [4.69, 9.17) is 4.74 Å². The summed E-state index contributed by atoms with van der Waals surface area (Å²) < 4.78 is 5.96. The van der Waals surface area contributed by atoms with Crippen LogP contribution in [0.2, 0.25) is 0 Å². The van der Waals surface area contributed by atoms with Gasteiger partial charge in [-0.15, -0.1) is 0 Å². The van der Waals surface area contributed by atoms with Crippen LogP contribution in [0.1, 0.15) is 37.7 Å². The molecule has 0 spiro atoms. The first-order chi connectivity index (χ1) is 10.6. The highest BCUT2D eigenvalue weighted by Gasteiger charge is 2.27. The van der Waals surface area contributed by atoms with Gasteiger partial charge in [-0.3, -0.25) is 4.79 Å². The summed E-state index contributed by atoms with van der Waals surface area (Å²) in [5.74, 6) is -0.361. The Kier molecular flexibility index (Phi) is 6.67. The van der Waals surface area contributed by atoms with Crippen LogP contribution in [0.15, 0.2) is 24.3 Å². The first-order valence-corrected chi connectivity index (χ1v) is 8.80. The van der Waals surface area contributed by atoms with Crippen molar-refractivity contribution in [2.75, 3.05) is 7.11 Å². The molecule has 0 aromatic heterocycles. The van der Waals surface area contributed by atoms with Crippen LogP contribution in [0.3, 0.4) is 0 Å². The van der Waals surface area contributed by atoms with Crippen LogP contribution in [-0.2, 0) is 20.7 Å². The molecule has 1 fully saturated rings. The SMILES string of the molecule is COC(=O)[C@H](Cc1cccc(I)c1)NC(=O)C1CCCCC1. The fourth-order valence-electron chi connectivity index (χ4n) is 2.89. The number of nitrogens with one attached hydrogen (secondary N) is 1. The predicted molar refractivity (Wildman–Crippen MR) is 93.4 cm³/mol. The number of amides is 1. The average Bonchev–Trinajstić information content (AvgIpc) is 2.54. The van der Waals surface area contributed by atoms with Gasteiger partial charge in [0, 0.05) is 15.9 Å². The molecule has 2 rings (SSSR count). The summed E-state index contributed by atoms with van der Waals surface area (Å²) in [4.78, 5) is 24.3. The number of hydrogen-bond acceptors (Lipinski definition) is 3. The van der Waals surface area contributed by atoms with Crippen molar-refractivity contribution in [2.24, 2.45) is 5.92 Å². The van der Waals surface area contributed by atoms with Crippen molar-refractivity contribution in [3.63, 3.8) is 0 Å². The highest BCUT2D eigenvalue weighted by Crippen LogP contribution is 2.24. The molecule has 1 aliphatic rings. The molecule has 1 N–H and O–H groups in total. The quantitative estimate of drug-likeness (QED) is 0.594. The molecule has 1 amide bonds. The van der Waals surface area contributed by atoms with Gasteiger partial charge in [0.1, 0.15) is 6.04 Å². The zero-order valence-corrected chi connectivity index (χ0v) is 15.0. The van der Waals surface area contributed by atoms with E-state index in [1.165, 1.54) is 13.5 Å². The van der Waals surface area contributed by atoms with Gasteiger partial charge in [-0.25, -0.2) is 4.79 Å². The lowest BCUT2D eigenvalue weighted by Crippen LogP contribution is -2.45. The minimum atomic E-state index is -0.613. The third-order valence-electron chi connectivity index (χ3n) is 4.11. The van der Waals surface area contributed by atoms with Crippen molar-refractivity contribution in [3.8, 4) is 0 Å². The van der Waals surface area contributed by atoms with Crippen molar-refractivity contribution in [2.45, 2.75) is 44.6 Å². The molecule has 1 aromatic rings. The number of benzene rings is 1. The molecule has 1 aliphatic carbocycles. The van der Waals surface area contributed by atoms with E-state index >= 15 is 0 Å². The lowest BCUT2D eigenvalue weighted by atomic mass is 9.88. The number of carbonyl (C=O) groups is 2. The standard InChI is InChI=1S/C17H22INO3/c1-22-17(21)15(11-12-6-5-9-14(18)10-12)19-16(20)13-7-3-2-4-8-13/h5-6,9-10,13,15H,2-4,7-8,11H2,1H3,(H,19,20)/t15-/m0/s1. The van der Waals surface area contributed by atoms with Gasteiger partial charge in [0.25, 0.3) is 0 Å². The molecule has 1 saturated carbocycles. The second kappa shape index (κ2) is 8.50. The summed E-state index contributed by atoms with van der Waals surface area (Å²) in [5, 5.41) is 2.89. The first-order valence-electron chi connectivity index (χ1n) is 7.73. The van der Waals surface area contributed by atoms with Gasteiger partial charge in [0.15, 0.2) is 0 Å². The van der Waals surface area contributed by atoms with Gasteiger partial charge in [-0.1, -0.05) is 31.4 Å². The molecular weight excluding hydrogens is 393 g/mol. The molecule has 1 aromatic carbocycles. The van der Waals surface area contributed by atoms with E-state index < -0.39 is 6.04 Å². The van der Waals surface area contributed by atoms with Crippen LogP contribution in [-0.4, -0.2) is 25.0 Å². The molecule has 5 heteroatoms. The molecule has 1 atom stereocenters. The van der Waals surface area contributed by atoms with E-state index in [9.17, 15) is 9.59 Å². The molecule has 4 nitrogen and oxygen atoms in total. The Morgan fingerprint density at radius 2 is 2.05 bits per heavy atom. The Morgan fingerprint density at radius 3 is 2.68 bits per heavy atom. The minimum Gasteiger partial charge on any atom is -0.467 e. The summed E-state index contributed by atoms with van der Waals surface area (Å²) in [6, 6.07) is 7.32. The average molecular weight is 415 g/mol. The largest absolute Gasteiger partial charge is 0.467 e. The Bertz CT molecular complexity index is 526. The maximum Gasteiger partial charge on any atom is 0.328 e. The van der Waals surface area contributed by atoms with Crippen LogP contribution < -0.4 is 5.32 Å². The van der Waals surface area contributed by atoms with Crippen LogP contribution in [0.25, 0.3) is 0 Å². The number of esters is 1. The summed E-state index contributed by atoms with van der Waals surface area (Å²) in [5.41, 5.74) is 1.02. The topological polar surface area (TPSA) is 55.4 Å². The van der Waals surface area contributed by atoms with Gasteiger partial charge in [0.2, 0.25) is 5.91 Å². The zero-order chi connectivity index (χ0) is 15.9. The normalized spacial score (nSPS) is 16.8. The Morgan fingerprint density at radius 1 is 1.32 bits per heavy atom. The minimum absolute atomic E-state index is 0.0132. The molecule has 0 heterocycles. The Hall–Kier alpha value is -1.11. The third-order valence-corrected chi connectivity index (χ3v) is 4.78. The summed E-state index contributed by atoms with van der Waals surface area (Å²) in [6.45, 7) is 0. The van der Waals surface area contributed by atoms with E-state index in [1.54, 1.807) is 0 Å². The Labute approximate surface area is 145 Å². The summed E-state index contributed by atoms with van der Waals surface area (Å²) >= 11 is 2.24. The predicted octanol–water partition coefficient (Wildman–Crippen LogP) is 3.07. The van der Waals surface area contributed by atoms with E-state index in [1.807, 2.05) is 24.3 Å². The van der Waals surface area contributed by atoms with Gasteiger partial charge >= 0.3 is 5.97 Å². The lowest BCUT2D eigenvalue weighted by Gasteiger charge is -2.24. The van der Waals surface area contributed by atoms with Crippen molar-refractivity contribution < 1.29 is 14.3 Å². The lowest BCUT2D eigenvalue weighted by molar-refractivity contribution is -0.145. The zero-order valence-electron chi connectivity index (χ0n) is 12.8. The van der Waals surface area contributed by atoms with E-state index in [0.29, 0.717) is 6.42 Å². The number of methoxy groups -OCH3 is 1. The van der Waals surface area contributed by atoms with Crippen molar-refractivity contribution in [3.05, 3.63) is 33.4 Å². The van der Waals surface area contributed by atoms with Crippen LogP contribution in [0, 0.1) is 9.49 Å². The molecule has 0 bridgehead atoms. The third kappa shape index (κ3) is 4.97. The number of halogens is 1. The monoisotopic (exact) mass is 415 g/mol. The van der Waals surface area contributed by atoms with Crippen molar-refractivity contribution in [1.82, 2.24) is 5.32 Å². The second-order valence-electron chi connectivity index (χ2n) is 5.75. The van der Waals surface area contributed by atoms with Crippen molar-refractivity contribution in [1.29, 1.82) is 0 Å². The fraction of sp³-hybridized carbons (Fsp3) is 0.529. The van der Waals surface area contributed by atoms with Crippen LogP contribution >= 0.6 is 22.6 Å². The molecule has 0 unspecified atom stereocenters. The van der Waals surface area contributed by atoms with Crippen molar-refractivity contribution >= 4 is 34.5 Å². The highest BCUT2D eigenvalue weighted by molar-refractivity contribution is 14.1. The molecular formula is C17H22INO3. The van der Waals surface area contributed by atoms with Crippen LogP contribution in [0.4, 0.5) is 0 Å². The molecule has 0 radical (unpaired) electrons. The van der Waals surface area contributed by atoms with E-state index in [0.717, 1.165) is 34.8 Å². The summed E-state index contributed by atoms with van der Waals surface area (Å²) in [6.07, 6.45) is 5.69. The molecule has 0 aliphatic heterocycles. The smallest absolute Gasteiger partial charge is 0.328 e. The highest BCUT2D eigenvalue weighted by atomic mass is 127. The second-order valence-corrected chi connectivity index (χ2v) is 7.00. The molecule has 22 heavy (non-hydrogen) atoms. The maximum absolute atomic E-state index is 12.4. The maximum atomic E-state index is 12.4. The number of ether oxygens (including phenoxy) is 1. The van der Waals surface area contributed by atoms with E-state index in [2.05, 4.69) is 27.9 Å². The van der Waals surface area contributed by atoms with Gasteiger partial charge in [-0.2, -0.15) is 0 Å². The molecule has 120 valence electrons. The fourth-order valence-corrected chi connectivity index (χ4v) is 3.50. The van der Waals surface area contributed by atoms with Crippen LogP contribution in [0.5, 0.6) is 0 Å².